The van der Waals surface area contributed by atoms with Crippen LogP contribution in [0.4, 0.5) is 0 Å². The molecule has 3 heteroatoms. The zero-order chi connectivity index (χ0) is 14.2. The van der Waals surface area contributed by atoms with Crippen LogP contribution in [0.1, 0.15) is 79.1 Å². The molecule has 0 aliphatic heterocycles. The topological polar surface area (TPSA) is 43.4 Å². The Bertz CT molecular complexity index is 188. The van der Waals surface area contributed by atoms with Crippen LogP contribution in [0.2, 0.25) is 0 Å². The van der Waals surface area contributed by atoms with E-state index in [1.54, 1.807) is 6.92 Å². The highest BCUT2D eigenvalue weighted by Crippen LogP contribution is 2.05. The first-order valence-electron chi connectivity index (χ1n) is 7.23. The van der Waals surface area contributed by atoms with Gasteiger partial charge >= 0.3 is 5.97 Å². The first kappa shape index (κ1) is 19.5. The highest BCUT2D eigenvalue weighted by atomic mass is 16.5. The van der Waals surface area contributed by atoms with Crippen molar-refractivity contribution in [1.29, 1.82) is 0 Å². The fourth-order valence-corrected chi connectivity index (χ4v) is 1.47. The lowest BCUT2D eigenvalue weighted by atomic mass is 10.1. The van der Waals surface area contributed by atoms with Gasteiger partial charge < -0.3 is 4.74 Å². The van der Waals surface area contributed by atoms with Gasteiger partial charge in [-0.3, -0.25) is 9.59 Å². The highest BCUT2D eigenvalue weighted by molar-refractivity contribution is 5.78. The smallest absolute Gasteiger partial charge is 0.302 e. The second-order valence-electron chi connectivity index (χ2n) is 4.38. The molecule has 0 atom stereocenters. The van der Waals surface area contributed by atoms with Crippen molar-refractivity contribution in [2.45, 2.75) is 79.1 Å². The third-order valence-electron chi connectivity index (χ3n) is 2.47. The van der Waals surface area contributed by atoms with Crippen molar-refractivity contribution in [2.24, 2.45) is 0 Å². The number of hydrogen-bond donors (Lipinski definition) is 0. The summed E-state index contributed by atoms with van der Waals surface area (Å²) in [5, 5.41) is 0. The van der Waals surface area contributed by atoms with Crippen molar-refractivity contribution in [2.75, 3.05) is 6.61 Å². The van der Waals surface area contributed by atoms with E-state index in [9.17, 15) is 9.59 Å². The number of ether oxygens (including phenoxy) is 1. The molecule has 108 valence electrons. The maximum absolute atomic E-state index is 11.2. The Morgan fingerprint density at radius 1 is 0.833 bits per heavy atom. The van der Waals surface area contributed by atoms with E-state index in [0.29, 0.717) is 12.4 Å². The van der Waals surface area contributed by atoms with E-state index in [1.807, 2.05) is 0 Å². The average Bonchev–Trinajstić information content (AvgIpc) is 2.30. The monoisotopic (exact) mass is 258 g/mol. The number of carbonyl (C=O) groups excluding carboxylic acids is 2. The van der Waals surface area contributed by atoms with Crippen LogP contribution in [-0.2, 0) is 14.3 Å². The zero-order valence-electron chi connectivity index (χ0n) is 12.6. The highest BCUT2D eigenvalue weighted by Gasteiger charge is 1.99. The van der Waals surface area contributed by atoms with Gasteiger partial charge in [0.15, 0.2) is 0 Å². The number of unbranched alkanes of at least 4 members (excludes halogenated alkanes) is 4. The summed E-state index contributed by atoms with van der Waals surface area (Å²) in [6.07, 6.45) is 8.67. The molecule has 0 heterocycles. The van der Waals surface area contributed by atoms with E-state index in [4.69, 9.17) is 0 Å². The van der Waals surface area contributed by atoms with Gasteiger partial charge in [0.1, 0.15) is 5.78 Å². The Kier molecular flexibility index (Phi) is 17.5. The van der Waals surface area contributed by atoms with Crippen LogP contribution in [0.15, 0.2) is 0 Å². The number of esters is 1. The van der Waals surface area contributed by atoms with Crippen molar-refractivity contribution in [1.82, 2.24) is 0 Å². The van der Waals surface area contributed by atoms with Crippen LogP contribution in [0.3, 0.4) is 0 Å². The molecule has 0 unspecified atom stereocenters. The van der Waals surface area contributed by atoms with Crippen LogP contribution < -0.4 is 0 Å². The minimum atomic E-state index is -0.211. The van der Waals surface area contributed by atoms with Crippen LogP contribution in [0, 0.1) is 0 Å². The van der Waals surface area contributed by atoms with Gasteiger partial charge in [-0.05, 0) is 19.8 Å². The third kappa shape index (κ3) is 20.5. The molecule has 0 fully saturated rings. The van der Waals surface area contributed by atoms with Gasteiger partial charge in [-0.1, -0.05) is 39.5 Å². The van der Waals surface area contributed by atoms with Gasteiger partial charge in [-0.15, -0.1) is 0 Å². The molecule has 0 radical (unpaired) electrons. The van der Waals surface area contributed by atoms with Gasteiger partial charge in [-0.2, -0.15) is 0 Å². The van der Waals surface area contributed by atoms with E-state index >= 15 is 0 Å². The second-order valence-corrected chi connectivity index (χ2v) is 4.38. The summed E-state index contributed by atoms with van der Waals surface area (Å²) in [5.74, 6) is 0.259. The van der Waals surface area contributed by atoms with Crippen molar-refractivity contribution in [3.63, 3.8) is 0 Å². The largest absolute Gasteiger partial charge is 0.466 e. The van der Waals surface area contributed by atoms with Gasteiger partial charge in [0.2, 0.25) is 0 Å². The van der Waals surface area contributed by atoms with E-state index < -0.39 is 0 Å². The van der Waals surface area contributed by atoms with Gasteiger partial charge in [0, 0.05) is 19.8 Å². The predicted octanol–water partition coefficient (Wildman–Crippen LogP) is 4.29. The molecular weight excluding hydrogens is 228 g/mol. The molecule has 0 aliphatic carbocycles. The molecule has 0 spiro atoms. The molecule has 3 nitrogen and oxygen atoms in total. The van der Waals surface area contributed by atoms with Crippen LogP contribution in [0.25, 0.3) is 0 Å². The molecule has 0 saturated carbocycles. The third-order valence-corrected chi connectivity index (χ3v) is 2.47. The fourth-order valence-electron chi connectivity index (χ4n) is 1.47. The lowest BCUT2D eigenvalue weighted by Crippen LogP contribution is -1.96. The molecule has 0 amide bonds. The average molecular weight is 258 g/mol. The Hall–Kier alpha value is -0.860. The summed E-state index contributed by atoms with van der Waals surface area (Å²) < 4.78 is 4.40. The summed E-state index contributed by atoms with van der Waals surface area (Å²) in [5.41, 5.74) is 0. The predicted molar refractivity (Wildman–Crippen MR) is 75.6 cm³/mol. The molecule has 18 heavy (non-hydrogen) atoms. The Balaban J connectivity index is 0. The maximum Gasteiger partial charge on any atom is 0.302 e. The number of ketones is 1. The summed E-state index contributed by atoms with van der Waals surface area (Å²) >= 11 is 0. The summed E-state index contributed by atoms with van der Waals surface area (Å²) in [6, 6.07) is 0. The van der Waals surface area contributed by atoms with Gasteiger partial charge in [0.05, 0.1) is 6.61 Å². The van der Waals surface area contributed by atoms with Crippen molar-refractivity contribution >= 4 is 11.8 Å². The number of hydrogen-bond acceptors (Lipinski definition) is 3. The minimum Gasteiger partial charge on any atom is -0.466 e. The molecule has 0 aromatic rings. The lowest BCUT2D eigenvalue weighted by molar-refractivity contribution is -0.140. The second kappa shape index (κ2) is 16.1. The van der Waals surface area contributed by atoms with Crippen LogP contribution in [-0.4, -0.2) is 18.4 Å². The van der Waals surface area contributed by atoms with Crippen molar-refractivity contribution < 1.29 is 14.3 Å². The van der Waals surface area contributed by atoms with Crippen molar-refractivity contribution in [3.05, 3.63) is 0 Å². The first-order valence-corrected chi connectivity index (χ1v) is 7.23. The van der Waals surface area contributed by atoms with Crippen molar-refractivity contribution in [3.8, 4) is 0 Å². The Labute approximate surface area is 112 Å². The quantitative estimate of drug-likeness (QED) is 0.458. The Morgan fingerprint density at radius 2 is 1.28 bits per heavy atom. The zero-order valence-corrected chi connectivity index (χ0v) is 12.6. The van der Waals surface area contributed by atoms with E-state index in [1.165, 1.54) is 32.6 Å². The van der Waals surface area contributed by atoms with Gasteiger partial charge in [0.25, 0.3) is 0 Å². The van der Waals surface area contributed by atoms with Crippen LogP contribution in [0.5, 0.6) is 0 Å². The fraction of sp³-hybridized carbons (Fsp3) is 0.867. The van der Waals surface area contributed by atoms with Crippen LogP contribution >= 0.6 is 0 Å². The SMILES string of the molecule is CCCCCC(=O)CCCCC.CCOC(C)=O. The first-order chi connectivity index (χ1) is 8.58. The standard InChI is InChI=1S/C11H22O.C4H8O2/c1-3-5-7-9-11(12)10-8-6-4-2;1-3-6-4(2)5/h3-10H2,1-2H3;3H2,1-2H3. The molecule has 0 saturated heterocycles. The summed E-state index contributed by atoms with van der Waals surface area (Å²) in [6.45, 7) is 7.99. The number of Topliss-reactive ketones (excluding diaryl/α,β-unsaturated/α-hetero) is 1. The maximum atomic E-state index is 11.2. The van der Waals surface area contributed by atoms with E-state index in [2.05, 4.69) is 18.6 Å². The molecule has 0 aliphatic rings. The molecule has 0 aromatic carbocycles. The van der Waals surface area contributed by atoms with Gasteiger partial charge in [-0.25, -0.2) is 0 Å². The normalized spacial score (nSPS) is 9.33. The summed E-state index contributed by atoms with van der Waals surface area (Å²) in [4.78, 5) is 21.0. The number of carbonyl (C=O) groups is 2. The Morgan fingerprint density at radius 3 is 1.50 bits per heavy atom. The summed E-state index contributed by atoms with van der Waals surface area (Å²) in [7, 11) is 0. The molecule has 0 rings (SSSR count). The number of rotatable bonds is 9. The molecular formula is C15H30O3. The molecule has 0 N–H and O–H groups in total. The molecule has 0 aromatic heterocycles. The lowest BCUT2D eigenvalue weighted by Gasteiger charge is -1.98. The van der Waals surface area contributed by atoms with E-state index in [0.717, 1.165) is 25.7 Å². The molecule has 0 bridgehead atoms. The minimum absolute atomic E-state index is 0.211. The van der Waals surface area contributed by atoms with E-state index in [-0.39, 0.29) is 5.97 Å².